The number of nitrogens with one attached hydrogen (secondary N) is 2. The largest absolute Gasteiger partial charge is 0.361 e. The average Bonchev–Trinajstić information content (AvgIpc) is 2.64. The molecule has 0 aromatic carbocycles. The van der Waals surface area contributed by atoms with Gasteiger partial charge < -0.3 is 10.6 Å². The summed E-state index contributed by atoms with van der Waals surface area (Å²) < 4.78 is 1.91. The van der Waals surface area contributed by atoms with E-state index in [2.05, 4.69) is 43.4 Å². The molecule has 0 amide bonds. The van der Waals surface area contributed by atoms with Crippen molar-refractivity contribution in [1.82, 2.24) is 20.4 Å². The molecule has 1 aromatic rings. The molecule has 0 bridgehead atoms. The number of hydrogen-bond donors (Lipinski definition) is 2. The van der Waals surface area contributed by atoms with Crippen LogP contribution in [0.5, 0.6) is 0 Å². The van der Waals surface area contributed by atoms with Gasteiger partial charge >= 0.3 is 0 Å². The summed E-state index contributed by atoms with van der Waals surface area (Å²) in [5.41, 5.74) is 1.01. The number of hydrogen-bond acceptors (Lipinski definition) is 2. The van der Waals surface area contributed by atoms with Crippen LogP contribution in [-0.2, 0) is 6.54 Å². The maximum Gasteiger partial charge on any atom is 0.167 e. The first-order valence-corrected chi connectivity index (χ1v) is 6.04. The fourth-order valence-electron chi connectivity index (χ4n) is 1.36. The predicted molar refractivity (Wildman–Crippen MR) is 70.3 cm³/mol. The van der Waals surface area contributed by atoms with Gasteiger partial charge in [-0.3, -0.25) is 4.68 Å². The van der Waals surface area contributed by atoms with E-state index >= 15 is 0 Å². The average molecular weight is 240 g/mol. The van der Waals surface area contributed by atoms with Crippen molar-refractivity contribution in [2.45, 2.75) is 46.3 Å². The van der Waals surface area contributed by atoms with Crippen molar-refractivity contribution in [2.24, 2.45) is 0 Å². The molecular formula is C11H20N4S. The second kappa shape index (κ2) is 5.84. The number of aromatic nitrogens is 2. The standard InChI is InChI=1S/C11H20N4S/c1-5-15-7-6-10(14-15)9(4)13-11(16)12-8(2)3/h6-9H,5H2,1-4H3,(H2,12,13,16). The number of aryl methyl sites for hydroxylation is 1. The lowest BCUT2D eigenvalue weighted by Gasteiger charge is -2.17. The smallest absolute Gasteiger partial charge is 0.167 e. The summed E-state index contributed by atoms with van der Waals surface area (Å²) in [5, 5.41) is 11.5. The van der Waals surface area contributed by atoms with Gasteiger partial charge in [-0.15, -0.1) is 0 Å². The first-order valence-electron chi connectivity index (χ1n) is 5.63. The van der Waals surface area contributed by atoms with E-state index in [1.807, 2.05) is 16.9 Å². The normalized spacial score (nSPS) is 12.6. The molecule has 0 saturated carbocycles. The molecule has 16 heavy (non-hydrogen) atoms. The number of thiocarbonyl (C=S) groups is 1. The summed E-state index contributed by atoms with van der Waals surface area (Å²) in [7, 11) is 0. The summed E-state index contributed by atoms with van der Waals surface area (Å²) >= 11 is 5.18. The minimum absolute atomic E-state index is 0.131. The second-order valence-corrected chi connectivity index (χ2v) is 4.50. The highest BCUT2D eigenvalue weighted by molar-refractivity contribution is 7.80. The highest BCUT2D eigenvalue weighted by atomic mass is 32.1. The van der Waals surface area contributed by atoms with Crippen molar-refractivity contribution in [3.63, 3.8) is 0 Å². The molecule has 0 fully saturated rings. The van der Waals surface area contributed by atoms with Crippen LogP contribution >= 0.6 is 12.2 Å². The van der Waals surface area contributed by atoms with Gasteiger partial charge in [0.05, 0.1) is 11.7 Å². The fourth-order valence-corrected chi connectivity index (χ4v) is 1.77. The third-order valence-electron chi connectivity index (χ3n) is 2.20. The zero-order valence-electron chi connectivity index (χ0n) is 10.3. The Bertz CT molecular complexity index is 346. The van der Waals surface area contributed by atoms with Crippen LogP contribution in [0.15, 0.2) is 12.3 Å². The molecule has 1 unspecified atom stereocenters. The van der Waals surface area contributed by atoms with Crippen molar-refractivity contribution < 1.29 is 0 Å². The van der Waals surface area contributed by atoms with Crippen LogP contribution in [0.25, 0.3) is 0 Å². The van der Waals surface area contributed by atoms with Crippen LogP contribution in [0.2, 0.25) is 0 Å². The molecule has 90 valence electrons. The summed E-state index contributed by atoms with van der Waals surface area (Å²) in [6.45, 7) is 9.13. The molecule has 0 aliphatic carbocycles. The lowest BCUT2D eigenvalue weighted by atomic mass is 10.2. The molecule has 2 N–H and O–H groups in total. The third kappa shape index (κ3) is 3.81. The fraction of sp³-hybridized carbons (Fsp3) is 0.636. The van der Waals surface area contributed by atoms with Crippen molar-refractivity contribution in [1.29, 1.82) is 0 Å². The topological polar surface area (TPSA) is 41.9 Å². The summed E-state index contributed by atoms with van der Waals surface area (Å²) in [5.74, 6) is 0. The number of nitrogens with zero attached hydrogens (tertiary/aromatic N) is 2. The Labute approximate surface area is 102 Å². The predicted octanol–water partition coefficient (Wildman–Crippen LogP) is 1.84. The molecule has 0 aliphatic heterocycles. The van der Waals surface area contributed by atoms with E-state index in [9.17, 15) is 0 Å². The minimum Gasteiger partial charge on any atom is -0.361 e. The lowest BCUT2D eigenvalue weighted by Crippen LogP contribution is -2.40. The molecule has 1 atom stereocenters. The maximum atomic E-state index is 5.18. The van der Waals surface area contributed by atoms with E-state index in [1.165, 1.54) is 0 Å². The highest BCUT2D eigenvalue weighted by Gasteiger charge is 2.10. The van der Waals surface area contributed by atoms with E-state index in [0.29, 0.717) is 11.2 Å². The van der Waals surface area contributed by atoms with E-state index in [0.717, 1.165) is 12.2 Å². The van der Waals surface area contributed by atoms with Gasteiger partial charge in [0.2, 0.25) is 0 Å². The van der Waals surface area contributed by atoms with Gasteiger partial charge in [-0.1, -0.05) is 0 Å². The van der Waals surface area contributed by atoms with Gasteiger partial charge in [0, 0.05) is 18.8 Å². The summed E-state index contributed by atoms with van der Waals surface area (Å²) in [6, 6.07) is 2.49. The van der Waals surface area contributed by atoms with Gasteiger partial charge in [0.25, 0.3) is 0 Å². The van der Waals surface area contributed by atoms with Crippen LogP contribution in [0, 0.1) is 0 Å². The maximum absolute atomic E-state index is 5.18. The van der Waals surface area contributed by atoms with E-state index in [1.54, 1.807) is 0 Å². The highest BCUT2D eigenvalue weighted by Crippen LogP contribution is 2.08. The Balaban J connectivity index is 2.51. The quantitative estimate of drug-likeness (QED) is 0.788. The van der Waals surface area contributed by atoms with Crippen LogP contribution < -0.4 is 10.6 Å². The summed E-state index contributed by atoms with van der Waals surface area (Å²) in [4.78, 5) is 0. The molecular weight excluding hydrogens is 220 g/mol. The van der Waals surface area contributed by atoms with Crippen molar-refractivity contribution in [3.05, 3.63) is 18.0 Å². The van der Waals surface area contributed by atoms with Crippen LogP contribution in [-0.4, -0.2) is 20.9 Å². The van der Waals surface area contributed by atoms with Gasteiger partial charge in [0.15, 0.2) is 5.11 Å². The molecule has 4 nitrogen and oxygen atoms in total. The minimum atomic E-state index is 0.131. The van der Waals surface area contributed by atoms with E-state index in [-0.39, 0.29) is 6.04 Å². The Morgan fingerprint density at radius 3 is 2.62 bits per heavy atom. The summed E-state index contributed by atoms with van der Waals surface area (Å²) in [6.07, 6.45) is 1.98. The third-order valence-corrected chi connectivity index (χ3v) is 2.43. The Hall–Kier alpha value is -1.10. The van der Waals surface area contributed by atoms with Gasteiger partial charge in [-0.05, 0) is 46.0 Å². The van der Waals surface area contributed by atoms with Gasteiger partial charge in [-0.2, -0.15) is 5.10 Å². The molecule has 0 aliphatic rings. The van der Waals surface area contributed by atoms with Crippen LogP contribution in [0.4, 0.5) is 0 Å². The van der Waals surface area contributed by atoms with Crippen molar-refractivity contribution in [2.75, 3.05) is 0 Å². The Morgan fingerprint density at radius 2 is 2.12 bits per heavy atom. The Kier molecular flexibility index (Phi) is 4.73. The van der Waals surface area contributed by atoms with Crippen LogP contribution in [0.1, 0.15) is 39.4 Å². The van der Waals surface area contributed by atoms with Crippen LogP contribution in [0.3, 0.4) is 0 Å². The Morgan fingerprint density at radius 1 is 1.44 bits per heavy atom. The molecule has 0 radical (unpaired) electrons. The molecule has 5 heteroatoms. The van der Waals surface area contributed by atoms with Crippen molar-refractivity contribution >= 4 is 17.3 Å². The van der Waals surface area contributed by atoms with E-state index < -0.39 is 0 Å². The van der Waals surface area contributed by atoms with Gasteiger partial charge in [0.1, 0.15) is 0 Å². The SMILES string of the molecule is CCn1ccc(C(C)NC(=S)NC(C)C)n1. The molecule has 1 heterocycles. The van der Waals surface area contributed by atoms with E-state index in [4.69, 9.17) is 12.2 Å². The lowest BCUT2D eigenvalue weighted by molar-refractivity contribution is 0.603. The monoisotopic (exact) mass is 240 g/mol. The van der Waals surface area contributed by atoms with Gasteiger partial charge in [-0.25, -0.2) is 0 Å². The molecule has 0 spiro atoms. The first-order chi connectivity index (χ1) is 7.52. The second-order valence-electron chi connectivity index (χ2n) is 4.09. The first kappa shape index (κ1) is 13.0. The number of rotatable bonds is 4. The zero-order valence-corrected chi connectivity index (χ0v) is 11.1. The molecule has 1 rings (SSSR count). The zero-order chi connectivity index (χ0) is 12.1. The molecule has 1 aromatic heterocycles. The van der Waals surface area contributed by atoms with Crippen molar-refractivity contribution in [3.8, 4) is 0 Å². The molecule has 0 saturated heterocycles.